The van der Waals surface area contributed by atoms with Crippen LogP contribution in [0.3, 0.4) is 0 Å². The molecule has 1 aliphatic heterocycles. The van der Waals surface area contributed by atoms with Crippen molar-refractivity contribution in [1.82, 2.24) is 19.9 Å². The van der Waals surface area contributed by atoms with E-state index in [-0.39, 0.29) is 0 Å². The van der Waals surface area contributed by atoms with Crippen LogP contribution in [0, 0.1) is 0 Å². The SMILES string of the molecule is c1ccc(C2(c3nccs3)C(c3ncco3)N(c3ccc[nH]3)N(c3cccs3)N2c2ccco2)nc1. The normalized spacial score (nSPS) is 19.9. The van der Waals surface area contributed by atoms with Gasteiger partial charge in [-0.3, -0.25) is 4.98 Å². The molecule has 36 heavy (non-hydrogen) atoms. The highest BCUT2D eigenvalue weighted by atomic mass is 32.1. The number of oxazole rings is 1. The van der Waals surface area contributed by atoms with Crippen molar-refractivity contribution >= 4 is 39.4 Å². The number of aromatic nitrogens is 4. The first kappa shape index (κ1) is 21.0. The highest BCUT2D eigenvalue weighted by Gasteiger charge is 2.66. The molecule has 0 aromatic carbocycles. The fourth-order valence-electron chi connectivity index (χ4n) is 4.82. The zero-order valence-electron chi connectivity index (χ0n) is 18.7. The van der Waals surface area contributed by atoms with Crippen LogP contribution in [0.1, 0.15) is 22.6 Å². The van der Waals surface area contributed by atoms with Gasteiger partial charge in [-0.25, -0.2) is 20.0 Å². The molecule has 9 nitrogen and oxygen atoms in total. The zero-order valence-corrected chi connectivity index (χ0v) is 20.3. The number of H-pyrrole nitrogens is 1. The van der Waals surface area contributed by atoms with Gasteiger partial charge in [0.15, 0.2) is 11.6 Å². The van der Waals surface area contributed by atoms with Crippen LogP contribution in [0.25, 0.3) is 0 Å². The van der Waals surface area contributed by atoms with Crippen LogP contribution in [0.15, 0.2) is 112 Å². The molecule has 0 bridgehead atoms. The molecule has 0 spiro atoms. The highest BCUT2D eigenvalue weighted by molar-refractivity contribution is 7.14. The molecule has 0 aliphatic carbocycles. The lowest BCUT2D eigenvalue weighted by molar-refractivity contribution is 0.358. The number of rotatable bonds is 6. The monoisotopic (exact) mass is 513 g/mol. The quantitative estimate of drug-likeness (QED) is 0.296. The lowest BCUT2D eigenvalue weighted by Crippen LogP contribution is -2.52. The van der Waals surface area contributed by atoms with Gasteiger partial charge >= 0.3 is 0 Å². The van der Waals surface area contributed by atoms with Crippen molar-refractivity contribution in [2.75, 3.05) is 15.1 Å². The van der Waals surface area contributed by atoms with Crippen LogP contribution in [0.5, 0.6) is 0 Å². The van der Waals surface area contributed by atoms with Crippen LogP contribution >= 0.6 is 22.7 Å². The lowest BCUT2D eigenvalue weighted by Gasteiger charge is -2.39. The van der Waals surface area contributed by atoms with Crippen LogP contribution in [0.4, 0.5) is 16.7 Å². The maximum Gasteiger partial charge on any atom is 0.222 e. The minimum Gasteiger partial charge on any atom is -0.447 e. The minimum atomic E-state index is -1.01. The van der Waals surface area contributed by atoms with Gasteiger partial charge in [0.25, 0.3) is 0 Å². The van der Waals surface area contributed by atoms with E-state index in [0.29, 0.717) is 11.8 Å². The van der Waals surface area contributed by atoms with Gasteiger partial charge < -0.3 is 13.8 Å². The average Bonchev–Trinajstić information content (AvgIpc) is 3.73. The summed E-state index contributed by atoms with van der Waals surface area (Å²) in [6, 6.07) is 17.3. The predicted octanol–water partition coefficient (Wildman–Crippen LogP) is 5.86. The van der Waals surface area contributed by atoms with Crippen LogP contribution in [-0.4, -0.2) is 19.9 Å². The molecule has 1 aliphatic rings. The number of hydrogen-bond donors (Lipinski definition) is 1. The first-order valence-electron chi connectivity index (χ1n) is 11.2. The Hall–Kier alpha value is -4.35. The summed E-state index contributed by atoms with van der Waals surface area (Å²) < 4.78 is 12.2. The average molecular weight is 514 g/mol. The van der Waals surface area contributed by atoms with Gasteiger partial charge in [0.2, 0.25) is 11.8 Å². The Bertz CT molecular complexity index is 1420. The third kappa shape index (κ3) is 2.96. The van der Waals surface area contributed by atoms with Gasteiger partial charge in [-0.2, -0.15) is 5.12 Å². The van der Waals surface area contributed by atoms with E-state index in [1.165, 1.54) is 0 Å². The number of aromatic amines is 1. The molecule has 178 valence electrons. The van der Waals surface area contributed by atoms with E-state index in [1.807, 2.05) is 71.7 Å². The van der Waals surface area contributed by atoms with Gasteiger partial charge in [0, 0.05) is 30.0 Å². The Kier molecular flexibility index (Phi) is 4.89. The molecular weight excluding hydrogens is 494 g/mol. The zero-order chi connectivity index (χ0) is 24.0. The largest absolute Gasteiger partial charge is 0.447 e. The molecular formula is C25H19N7O2S2. The Morgan fingerprint density at radius 3 is 2.50 bits per heavy atom. The van der Waals surface area contributed by atoms with E-state index in [9.17, 15) is 0 Å². The maximum absolute atomic E-state index is 6.10. The molecule has 6 aromatic rings. The summed E-state index contributed by atoms with van der Waals surface area (Å²) in [6.07, 6.45) is 10.4. The van der Waals surface area contributed by atoms with Crippen molar-refractivity contribution in [3.63, 3.8) is 0 Å². The number of anilines is 3. The van der Waals surface area contributed by atoms with Gasteiger partial charge in [0.05, 0.1) is 18.2 Å². The summed E-state index contributed by atoms with van der Waals surface area (Å²) in [5, 5.41) is 12.1. The fourth-order valence-corrected chi connectivity index (χ4v) is 6.39. The Morgan fingerprint density at radius 1 is 0.833 bits per heavy atom. The first-order valence-corrected chi connectivity index (χ1v) is 13.0. The van der Waals surface area contributed by atoms with Crippen molar-refractivity contribution in [2.45, 2.75) is 11.6 Å². The third-order valence-electron chi connectivity index (χ3n) is 6.11. The summed E-state index contributed by atoms with van der Waals surface area (Å²) in [5.41, 5.74) is -0.233. The number of thiazole rings is 1. The summed E-state index contributed by atoms with van der Waals surface area (Å²) in [6.45, 7) is 0. The summed E-state index contributed by atoms with van der Waals surface area (Å²) in [4.78, 5) is 17.8. The van der Waals surface area contributed by atoms with E-state index in [2.05, 4.69) is 31.2 Å². The summed E-state index contributed by atoms with van der Waals surface area (Å²) >= 11 is 3.16. The summed E-state index contributed by atoms with van der Waals surface area (Å²) in [7, 11) is 0. The topological polar surface area (TPSA) is 90.5 Å². The highest BCUT2D eigenvalue weighted by Crippen LogP contribution is 2.58. The molecule has 1 N–H and O–H groups in total. The van der Waals surface area contributed by atoms with Crippen molar-refractivity contribution in [3.8, 4) is 0 Å². The number of nitrogens with zero attached hydrogens (tertiary/aromatic N) is 6. The van der Waals surface area contributed by atoms with Crippen molar-refractivity contribution in [2.24, 2.45) is 0 Å². The Labute approximate surface area is 213 Å². The molecule has 6 aromatic heterocycles. The van der Waals surface area contributed by atoms with E-state index < -0.39 is 11.6 Å². The molecule has 7 rings (SSSR count). The standard InChI is InChI=1S/C25H19N7O2S2/c1-2-10-26-18(6-1)25(24-29-13-17-36-24)22(23-28-12-15-34-23)30(19-7-3-11-27-19)32(21-9-5-16-35-21)31(25)20-8-4-14-33-20/h1-17,22,27H. The molecule has 2 unspecified atom stereocenters. The first-order chi connectivity index (χ1) is 17.9. The van der Waals surface area contributed by atoms with Crippen LogP contribution in [-0.2, 0) is 5.54 Å². The number of nitrogens with one attached hydrogen (secondary N) is 1. The van der Waals surface area contributed by atoms with E-state index in [4.69, 9.17) is 18.8 Å². The number of hydrogen-bond acceptors (Lipinski definition) is 10. The predicted molar refractivity (Wildman–Crippen MR) is 138 cm³/mol. The summed E-state index contributed by atoms with van der Waals surface area (Å²) in [5.74, 6) is 1.98. The molecule has 1 fully saturated rings. The smallest absolute Gasteiger partial charge is 0.222 e. The van der Waals surface area contributed by atoms with Gasteiger partial charge in [-0.1, -0.05) is 6.07 Å². The molecule has 0 radical (unpaired) electrons. The molecule has 2 atom stereocenters. The van der Waals surface area contributed by atoms with E-state index in [0.717, 1.165) is 21.5 Å². The van der Waals surface area contributed by atoms with Crippen molar-refractivity contribution < 1.29 is 8.83 Å². The van der Waals surface area contributed by atoms with Crippen molar-refractivity contribution in [3.05, 3.63) is 119 Å². The number of pyridine rings is 1. The second-order valence-corrected chi connectivity index (χ2v) is 9.82. The van der Waals surface area contributed by atoms with Gasteiger partial charge in [-0.05, 0) is 47.8 Å². The molecule has 11 heteroatoms. The molecule has 1 saturated heterocycles. The van der Waals surface area contributed by atoms with Gasteiger partial charge in [-0.15, -0.1) is 22.7 Å². The van der Waals surface area contributed by atoms with Crippen molar-refractivity contribution in [1.29, 1.82) is 0 Å². The number of furan rings is 1. The maximum atomic E-state index is 6.10. The molecule has 0 amide bonds. The Balaban J connectivity index is 1.64. The fraction of sp³-hybridized carbons (Fsp3) is 0.0800. The Morgan fingerprint density at radius 2 is 1.83 bits per heavy atom. The number of thiophene rings is 1. The second-order valence-electron chi connectivity index (χ2n) is 8.00. The molecule has 0 saturated carbocycles. The minimum absolute atomic E-state index is 0.514. The van der Waals surface area contributed by atoms with Gasteiger partial charge in [0.1, 0.15) is 22.1 Å². The third-order valence-corrected chi connectivity index (χ3v) is 7.85. The van der Waals surface area contributed by atoms with Crippen LogP contribution in [0.2, 0.25) is 0 Å². The lowest BCUT2D eigenvalue weighted by atomic mass is 9.85. The van der Waals surface area contributed by atoms with E-state index >= 15 is 0 Å². The second kappa shape index (κ2) is 8.40. The van der Waals surface area contributed by atoms with Crippen LogP contribution < -0.4 is 15.1 Å². The number of hydrazine groups is 2. The van der Waals surface area contributed by atoms with E-state index in [1.54, 1.807) is 47.6 Å². The molecule has 7 heterocycles.